The summed E-state index contributed by atoms with van der Waals surface area (Å²) in [5, 5.41) is 14.5. The molecule has 0 radical (unpaired) electrons. The van der Waals surface area contributed by atoms with Gasteiger partial charge in [-0.15, -0.1) is 0 Å². The van der Waals surface area contributed by atoms with Crippen molar-refractivity contribution in [2.75, 3.05) is 0 Å². The van der Waals surface area contributed by atoms with Crippen LogP contribution in [0.2, 0.25) is 0 Å². The van der Waals surface area contributed by atoms with E-state index in [9.17, 15) is 9.90 Å². The Hall–Kier alpha value is -3.23. The van der Waals surface area contributed by atoms with Crippen molar-refractivity contribution in [1.29, 1.82) is 0 Å². The van der Waals surface area contributed by atoms with Crippen LogP contribution in [0.4, 0.5) is 0 Å². The third-order valence-electron chi connectivity index (χ3n) is 6.52. The Kier molecular flexibility index (Phi) is 4.39. The molecule has 1 aliphatic rings. The van der Waals surface area contributed by atoms with Crippen molar-refractivity contribution < 1.29 is 9.90 Å². The van der Waals surface area contributed by atoms with Crippen molar-refractivity contribution >= 4 is 16.6 Å². The van der Waals surface area contributed by atoms with Crippen LogP contribution in [0.25, 0.3) is 10.8 Å². The summed E-state index contributed by atoms with van der Waals surface area (Å²) in [5.41, 5.74) is 3.36. The lowest BCUT2D eigenvalue weighted by Gasteiger charge is -2.37. The molecule has 4 aromatic carbocycles. The number of fused-ring (bicyclic) bond motifs is 3. The fraction of sp³-hybridized carbons (Fsp3) is 0.207. The standard InChI is InChI=1S/C29H26O2/c1-28(2,3)21-15-16-26-24(17-21)27(30)23-13-6-7-14-25(23)29(26,31)18-20-11-8-10-19-9-4-5-12-22(19)20/h4-17,31H,18H2,1-3H3. The van der Waals surface area contributed by atoms with Gasteiger partial charge in [-0.05, 0) is 44.5 Å². The van der Waals surface area contributed by atoms with Gasteiger partial charge in [0, 0.05) is 17.5 Å². The van der Waals surface area contributed by atoms with Crippen molar-refractivity contribution in [3.8, 4) is 0 Å². The maximum Gasteiger partial charge on any atom is 0.193 e. The molecule has 2 heteroatoms. The van der Waals surface area contributed by atoms with Crippen molar-refractivity contribution in [1.82, 2.24) is 0 Å². The van der Waals surface area contributed by atoms with Crippen molar-refractivity contribution in [2.24, 2.45) is 0 Å². The van der Waals surface area contributed by atoms with Gasteiger partial charge in [0.25, 0.3) is 0 Å². The molecule has 5 rings (SSSR count). The van der Waals surface area contributed by atoms with E-state index >= 15 is 0 Å². The molecule has 0 saturated carbocycles. The van der Waals surface area contributed by atoms with Crippen molar-refractivity contribution in [2.45, 2.75) is 38.2 Å². The molecule has 0 aromatic heterocycles. The summed E-state index contributed by atoms with van der Waals surface area (Å²) >= 11 is 0. The van der Waals surface area contributed by atoms with E-state index in [2.05, 4.69) is 45.0 Å². The number of hydrogen-bond donors (Lipinski definition) is 1. The maximum atomic E-state index is 13.4. The average molecular weight is 407 g/mol. The average Bonchev–Trinajstić information content (AvgIpc) is 2.77. The van der Waals surface area contributed by atoms with Gasteiger partial charge < -0.3 is 5.11 Å². The fourth-order valence-corrected chi connectivity index (χ4v) is 4.80. The molecule has 0 heterocycles. The van der Waals surface area contributed by atoms with Gasteiger partial charge in [-0.25, -0.2) is 0 Å². The largest absolute Gasteiger partial charge is 0.380 e. The number of carbonyl (C=O) groups is 1. The second kappa shape index (κ2) is 6.90. The van der Waals surface area contributed by atoms with Gasteiger partial charge in [0.15, 0.2) is 5.78 Å². The van der Waals surface area contributed by atoms with Crippen LogP contribution < -0.4 is 0 Å². The zero-order chi connectivity index (χ0) is 21.8. The first kappa shape index (κ1) is 19.7. The highest BCUT2D eigenvalue weighted by Gasteiger charge is 2.42. The molecule has 1 atom stereocenters. The predicted molar refractivity (Wildman–Crippen MR) is 126 cm³/mol. The Morgan fingerprint density at radius 1 is 0.774 bits per heavy atom. The fourth-order valence-electron chi connectivity index (χ4n) is 4.80. The maximum absolute atomic E-state index is 13.4. The quantitative estimate of drug-likeness (QED) is 0.433. The van der Waals surface area contributed by atoms with Crippen LogP contribution in [0, 0.1) is 0 Å². The molecule has 31 heavy (non-hydrogen) atoms. The second-order valence-corrected chi connectivity index (χ2v) is 9.56. The van der Waals surface area contributed by atoms with E-state index in [1.165, 1.54) is 0 Å². The molecule has 1 unspecified atom stereocenters. The van der Waals surface area contributed by atoms with Crippen LogP contribution in [0.5, 0.6) is 0 Å². The van der Waals surface area contributed by atoms with Gasteiger partial charge in [-0.1, -0.05) is 99.6 Å². The van der Waals surface area contributed by atoms with Crippen LogP contribution in [-0.4, -0.2) is 10.9 Å². The molecule has 0 fully saturated rings. The van der Waals surface area contributed by atoms with E-state index in [-0.39, 0.29) is 11.2 Å². The second-order valence-electron chi connectivity index (χ2n) is 9.56. The van der Waals surface area contributed by atoms with Crippen LogP contribution >= 0.6 is 0 Å². The van der Waals surface area contributed by atoms with E-state index < -0.39 is 5.60 Å². The first-order valence-corrected chi connectivity index (χ1v) is 10.8. The Morgan fingerprint density at radius 3 is 2.26 bits per heavy atom. The Balaban J connectivity index is 1.75. The summed E-state index contributed by atoms with van der Waals surface area (Å²) in [6, 6.07) is 27.9. The summed E-state index contributed by atoms with van der Waals surface area (Å²) in [7, 11) is 0. The van der Waals surface area contributed by atoms with Gasteiger partial charge >= 0.3 is 0 Å². The monoisotopic (exact) mass is 406 g/mol. The highest BCUT2D eigenvalue weighted by atomic mass is 16.3. The summed E-state index contributed by atoms with van der Waals surface area (Å²) in [4.78, 5) is 13.4. The molecule has 0 saturated heterocycles. The number of ketones is 1. The highest BCUT2D eigenvalue weighted by molar-refractivity contribution is 6.13. The van der Waals surface area contributed by atoms with Crippen molar-refractivity contribution in [3.63, 3.8) is 0 Å². The van der Waals surface area contributed by atoms with E-state index in [1.54, 1.807) is 0 Å². The number of benzene rings is 4. The molecule has 4 aromatic rings. The predicted octanol–water partition coefficient (Wildman–Crippen LogP) is 6.16. The minimum Gasteiger partial charge on any atom is -0.380 e. The normalized spacial score (nSPS) is 18.0. The number of hydrogen-bond acceptors (Lipinski definition) is 2. The van der Waals surface area contributed by atoms with Gasteiger partial charge in [0.1, 0.15) is 5.60 Å². The Labute approximate surface area is 183 Å². The highest BCUT2D eigenvalue weighted by Crippen LogP contribution is 2.44. The van der Waals surface area contributed by atoms with E-state index in [0.29, 0.717) is 28.7 Å². The molecule has 2 nitrogen and oxygen atoms in total. The summed E-state index contributed by atoms with van der Waals surface area (Å²) in [6.45, 7) is 6.41. The third kappa shape index (κ3) is 3.10. The molecule has 0 aliphatic heterocycles. The summed E-state index contributed by atoms with van der Waals surface area (Å²) in [6.07, 6.45) is 0.403. The molecular weight excluding hydrogens is 380 g/mol. The van der Waals surface area contributed by atoms with Crippen LogP contribution in [0.1, 0.15) is 58.9 Å². The lowest BCUT2D eigenvalue weighted by atomic mass is 9.70. The first-order chi connectivity index (χ1) is 14.8. The van der Waals surface area contributed by atoms with Crippen LogP contribution in [-0.2, 0) is 17.4 Å². The zero-order valence-corrected chi connectivity index (χ0v) is 18.1. The topological polar surface area (TPSA) is 37.3 Å². The van der Waals surface area contributed by atoms with Gasteiger partial charge in [-0.3, -0.25) is 4.79 Å². The number of carbonyl (C=O) groups excluding carboxylic acids is 1. The summed E-state index contributed by atoms with van der Waals surface area (Å²) < 4.78 is 0. The van der Waals surface area contributed by atoms with Crippen LogP contribution in [0.15, 0.2) is 84.9 Å². The molecular formula is C29H26O2. The van der Waals surface area contributed by atoms with Crippen LogP contribution in [0.3, 0.4) is 0 Å². The molecule has 0 spiro atoms. The molecule has 0 amide bonds. The Bertz CT molecular complexity index is 1320. The van der Waals surface area contributed by atoms with Gasteiger partial charge in [0.05, 0.1) is 0 Å². The molecule has 1 aliphatic carbocycles. The summed E-state index contributed by atoms with van der Waals surface area (Å²) in [5.74, 6) is -0.0145. The smallest absolute Gasteiger partial charge is 0.193 e. The first-order valence-electron chi connectivity index (χ1n) is 10.8. The van der Waals surface area contributed by atoms with E-state index in [1.807, 2.05) is 60.7 Å². The number of rotatable bonds is 2. The minimum absolute atomic E-state index is 0.0145. The lowest BCUT2D eigenvalue weighted by Crippen LogP contribution is -2.38. The molecule has 154 valence electrons. The van der Waals surface area contributed by atoms with Gasteiger partial charge in [0.2, 0.25) is 0 Å². The Morgan fingerprint density at radius 2 is 1.45 bits per heavy atom. The minimum atomic E-state index is -1.28. The SMILES string of the molecule is CC(C)(C)c1ccc2c(c1)C(=O)c1ccccc1C2(O)Cc1cccc2ccccc12. The molecule has 1 N–H and O–H groups in total. The number of aliphatic hydroxyl groups is 1. The lowest BCUT2D eigenvalue weighted by molar-refractivity contribution is 0.0723. The van der Waals surface area contributed by atoms with E-state index in [0.717, 1.165) is 21.9 Å². The third-order valence-corrected chi connectivity index (χ3v) is 6.52. The zero-order valence-electron chi connectivity index (χ0n) is 18.1. The van der Waals surface area contributed by atoms with E-state index in [4.69, 9.17) is 0 Å². The van der Waals surface area contributed by atoms with Crippen molar-refractivity contribution in [3.05, 3.63) is 118 Å². The molecule has 0 bridgehead atoms. The van der Waals surface area contributed by atoms with Gasteiger partial charge in [-0.2, -0.15) is 0 Å².